The first-order valence-electron chi connectivity index (χ1n) is 3.18. The van der Waals surface area contributed by atoms with Crippen LogP contribution in [0.4, 0.5) is 17.5 Å². The summed E-state index contributed by atoms with van der Waals surface area (Å²) in [6, 6.07) is 0. The maximum atomic E-state index is 10.5. The van der Waals surface area contributed by atoms with Gasteiger partial charge in [0.05, 0.1) is 10.3 Å². The lowest BCUT2D eigenvalue weighted by Gasteiger charge is -2.01. The van der Waals surface area contributed by atoms with Crippen molar-refractivity contribution in [1.82, 2.24) is 9.97 Å². The molecule has 0 radical (unpaired) electrons. The molecule has 7 nitrogen and oxygen atoms in total. The summed E-state index contributed by atoms with van der Waals surface area (Å²) in [4.78, 5) is 17.0. The Labute approximate surface area is 81.4 Å². The van der Waals surface area contributed by atoms with Crippen molar-refractivity contribution in [3.8, 4) is 0 Å². The van der Waals surface area contributed by atoms with Crippen LogP contribution >= 0.6 is 15.9 Å². The average molecular weight is 248 g/mol. The van der Waals surface area contributed by atoms with Gasteiger partial charge in [-0.05, 0) is 0 Å². The SMILES string of the molecule is Nc1nc(N)c([N+](=O)[O-])c(CBr)n1. The summed E-state index contributed by atoms with van der Waals surface area (Å²) in [6.45, 7) is 0. The van der Waals surface area contributed by atoms with Crippen molar-refractivity contribution < 1.29 is 4.92 Å². The van der Waals surface area contributed by atoms with E-state index >= 15 is 0 Å². The minimum Gasteiger partial charge on any atom is -0.378 e. The fraction of sp³-hybridized carbons (Fsp3) is 0.200. The number of aromatic nitrogens is 2. The van der Waals surface area contributed by atoms with Gasteiger partial charge in [0.15, 0.2) is 0 Å². The van der Waals surface area contributed by atoms with Crippen molar-refractivity contribution in [3.05, 3.63) is 15.8 Å². The van der Waals surface area contributed by atoms with Crippen LogP contribution in [0.1, 0.15) is 5.69 Å². The highest BCUT2D eigenvalue weighted by molar-refractivity contribution is 9.08. The largest absolute Gasteiger partial charge is 0.378 e. The molecule has 8 heteroatoms. The third-order valence-corrected chi connectivity index (χ3v) is 1.84. The van der Waals surface area contributed by atoms with E-state index in [1.807, 2.05) is 0 Å². The first-order valence-corrected chi connectivity index (χ1v) is 4.30. The first kappa shape index (κ1) is 9.65. The zero-order valence-electron chi connectivity index (χ0n) is 6.40. The lowest BCUT2D eigenvalue weighted by Crippen LogP contribution is -2.07. The Morgan fingerprint density at radius 1 is 1.46 bits per heavy atom. The number of nitrogen functional groups attached to an aromatic ring is 2. The summed E-state index contributed by atoms with van der Waals surface area (Å²) in [5.74, 6) is -0.287. The minimum atomic E-state index is -0.634. The van der Waals surface area contributed by atoms with E-state index in [0.29, 0.717) is 0 Å². The van der Waals surface area contributed by atoms with Gasteiger partial charge in [0.25, 0.3) is 0 Å². The van der Waals surface area contributed by atoms with Crippen LogP contribution in [-0.2, 0) is 5.33 Å². The van der Waals surface area contributed by atoms with Crippen molar-refractivity contribution in [1.29, 1.82) is 0 Å². The maximum Gasteiger partial charge on any atom is 0.333 e. The molecule has 1 heterocycles. The molecule has 4 N–H and O–H groups in total. The van der Waals surface area contributed by atoms with Crippen molar-refractivity contribution in [2.45, 2.75) is 5.33 Å². The second kappa shape index (κ2) is 3.52. The molecule has 1 aromatic heterocycles. The molecule has 0 saturated carbocycles. The fourth-order valence-electron chi connectivity index (χ4n) is 0.832. The van der Waals surface area contributed by atoms with Crippen molar-refractivity contribution in [2.75, 3.05) is 11.5 Å². The molecule has 0 unspecified atom stereocenters. The minimum absolute atomic E-state index is 0.0717. The van der Waals surface area contributed by atoms with Crippen LogP contribution in [0, 0.1) is 10.1 Å². The quantitative estimate of drug-likeness (QED) is 0.445. The maximum absolute atomic E-state index is 10.5. The van der Waals surface area contributed by atoms with E-state index in [1.165, 1.54) is 0 Å². The topological polar surface area (TPSA) is 121 Å². The normalized spacial score (nSPS) is 9.92. The molecule has 0 fully saturated rings. The lowest BCUT2D eigenvalue weighted by molar-refractivity contribution is -0.385. The number of rotatable bonds is 2. The van der Waals surface area contributed by atoms with Gasteiger partial charge >= 0.3 is 5.69 Å². The Bertz CT molecular complexity index is 355. The van der Waals surface area contributed by atoms with Crippen LogP contribution in [0.25, 0.3) is 0 Å². The molecule has 0 aromatic carbocycles. The second-order valence-corrected chi connectivity index (χ2v) is 2.71. The summed E-state index contributed by atoms with van der Waals surface area (Å²) in [5, 5.41) is 10.7. The van der Waals surface area contributed by atoms with Crippen molar-refractivity contribution in [2.24, 2.45) is 0 Å². The fourth-order valence-corrected chi connectivity index (χ4v) is 1.22. The number of alkyl halides is 1. The molecule has 1 rings (SSSR count). The van der Waals surface area contributed by atoms with Crippen LogP contribution in [0.2, 0.25) is 0 Å². The van der Waals surface area contributed by atoms with Crippen LogP contribution < -0.4 is 11.5 Å². The second-order valence-electron chi connectivity index (χ2n) is 2.15. The van der Waals surface area contributed by atoms with Gasteiger partial charge in [-0.1, -0.05) is 15.9 Å². The summed E-state index contributed by atoms with van der Waals surface area (Å²) in [7, 11) is 0. The molecule has 0 atom stereocenters. The van der Waals surface area contributed by atoms with Gasteiger partial charge in [0.1, 0.15) is 5.69 Å². The van der Waals surface area contributed by atoms with Crippen LogP contribution in [0.5, 0.6) is 0 Å². The Morgan fingerprint density at radius 2 is 2.08 bits per heavy atom. The Morgan fingerprint density at radius 3 is 2.54 bits per heavy atom. The van der Waals surface area contributed by atoms with E-state index in [2.05, 4.69) is 25.9 Å². The molecule has 0 saturated heterocycles. The van der Waals surface area contributed by atoms with Crippen LogP contribution in [-0.4, -0.2) is 14.9 Å². The predicted octanol–water partition coefficient (Wildman–Crippen LogP) is 0.444. The van der Waals surface area contributed by atoms with E-state index in [1.54, 1.807) is 0 Å². The Hall–Kier alpha value is -1.44. The number of nitrogens with two attached hydrogens (primary N) is 2. The smallest absolute Gasteiger partial charge is 0.333 e. The molecule has 0 aliphatic heterocycles. The molecule has 0 bridgehead atoms. The van der Waals surface area contributed by atoms with E-state index in [9.17, 15) is 10.1 Å². The summed E-state index contributed by atoms with van der Waals surface area (Å²) in [5.41, 5.74) is 10.4. The van der Waals surface area contributed by atoms with E-state index in [-0.39, 0.29) is 28.5 Å². The van der Waals surface area contributed by atoms with E-state index < -0.39 is 4.92 Å². The van der Waals surface area contributed by atoms with Gasteiger partial charge in [-0.15, -0.1) is 0 Å². The monoisotopic (exact) mass is 247 g/mol. The summed E-state index contributed by atoms with van der Waals surface area (Å²) in [6.07, 6.45) is 0. The number of nitrogens with zero attached hydrogens (tertiary/aromatic N) is 3. The standard InChI is InChI=1S/C5H6BrN5O2/c6-1-2-3(11(12)13)4(7)10-5(8)9-2/h1H2,(H4,7,8,9,10). The molecule has 0 aliphatic carbocycles. The van der Waals surface area contributed by atoms with Crippen molar-refractivity contribution >= 4 is 33.4 Å². The lowest BCUT2D eigenvalue weighted by atomic mass is 10.3. The third-order valence-electron chi connectivity index (χ3n) is 1.31. The van der Waals surface area contributed by atoms with Gasteiger partial charge in [-0.25, -0.2) is 4.98 Å². The number of nitro groups is 1. The number of hydrogen-bond donors (Lipinski definition) is 2. The molecule has 1 aromatic rings. The van der Waals surface area contributed by atoms with Crippen LogP contribution in [0.3, 0.4) is 0 Å². The number of hydrogen-bond acceptors (Lipinski definition) is 6. The molecular weight excluding hydrogens is 242 g/mol. The van der Waals surface area contributed by atoms with Crippen LogP contribution in [0.15, 0.2) is 0 Å². The van der Waals surface area contributed by atoms with Gasteiger partial charge < -0.3 is 11.5 Å². The molecule has 0 amide bonds. The van der Waals surface area contributed by atoms with Gasteiger partial charge in [0.2, 0.25) is 11.8 Å². The van der Waals surface area contributed by atoms with E-state index in [4.69, 9.17) is 11.5 Å². The average Bonchev–Trinajstić information content (AvgIpc) is 2.01. The predicted molar refractivity (Wildman–Crippen MR) is 50.1 cm³/mol. The summed E-state index contributed by atoms with van der Waals surface area (Å²) >= 11 is 3.04. The first-order chi connectivity index (χ1) is 6.06. The van der Waals surface area contributed by atoms with Gasteiger partial charge in [-0.3, -0.25) is 10.1 Å². The van der Waals surface area contributed by atoms with Crippen molar-refractivity contribution in [3.63, 3.8) is 0 Å². The highest BCUT2D eigenvalue weighted by Crippen LogP contribution is 2.25. The summed E-state index contributed by atoms with van der Waals surface area (Å²) < 4.78 is 0. The number of anilines is 2. The van der Waals surface area contributed by atoms with Gasteiger partial charge in [-0.2, -0.15) is 4.98 Å². The zero-order valence-corrected chi connectivity index (χ0v) is 7.98. The Kier molecular flexibility index (Phi) is 2.61. The molecule has 13 heavy (non-hydrogen) atoms. The Balaban J connectivity index is 3.38. The highest BCUT2D eigenvalue weighted by Gasteiger charge is 2.20. The molecule has 70 valence electrons. The molecule has 0 spiro atoms. The van der Waals surface area contributed by atoms with Gasteiger partial charge in [0, 0.05) is 0 Å². The third kappa shape index (κ3) is 1.83. The molecular formula is C5H6BrN5O2. The van der Waals surface area contributed by atoms with E-state index in [0.717, 1.165) is 0 Å². The highest BCUT2D eigenvalue weighted by atomic mass is 79.9. The number of halogens is 1. The zero-order chi connectivity index (χ0) is 10.0. The molecule has 0 aliphatic rings.